The number of carbonyl (C=O) groups is 1. The Hall–Kier alpha value is -0.330. The first-order chi connectivity index (χ1) is 9.47. The Kier molecular flexibility index (Phi) is 5.69. The molecule has 1 aliphatic rings. The van der Waals surface area contributed by atoms with Crippen LogP contribution in [0.4, 0.5) is 0 Å². The van der Waals surface area contributed by atoms with Gasteiger partial charge in [-0.3, -0.25) is 4.79 Å². The zero-order valence-corrected chi connectivity index (χ0v) is 14.8. The molecule has 20 heavy (non-hydrogen) atoms. The van der Waals surface area contributed by atoms with Gasteiger partial charge in [-0.25, -0.2) is 0 Å². The first kappa shape index (κ1) is 16.0. The third-order valence-corrected chi connectivity index (χ3v) is 5.26. The molecular weight excluding hydrogens is 387 g/mol. The summed E-state index contributed by atoms with van der Waals surface area (Å²) in [6, 6.07) is 5.54. The van der Waals surface area contributed by atoms with Crippen LogP contribution in [0.1, 0.15) is 23.2 Å². The van der Waals surface area contributed by atoms with Crippen LogP contribution < -0.4 is 0 Å². The van der Waals surface area contributed by atoms with Crippen molar-refractivity contribution in [3.63, 3.8) is 0 Å². The van der Waals surface area contributed by atoms with E-state index >= 15 is 0 Å². The molecule has 0 unspecified atom stereocenters. The average Bonchev–Trinajstić information content (AvgIpc) is 2.41. The molecule has 2 rings (SSSR count). The van der Waals surface area contributed by atoms with Gasteiger partial charge in [0.1, 0.15) is 0 Å². The first-order valence-electron chi connectivity index (χ1n) is 6.86. The Morgan fingerprint density at radius 3 is 2.60 bits per heavy atom. The lowest BCUT2D eigenvalue weighted by molar-refractivity contribution is 0.0678. The maximum atomic E-state index is 12.4. The summed E-state index contributed by atoms with van der Waals surface area (Å²) in [6.07, 6.45) is 2.17. The van der Waals surface area contributed by atoms with Gasteiger partial charge in [-0.1, -0.05) is 11.6 Å². The minimum atomic E-state index is 0.103. The Morgan fingerprint density at radius 1 is 1.40 bits per heavy atom. The summed E-state index contributed by atoms with van der Waals surface area (Å²) in [6.45, 7) is 2.80. The van der Waals surface area contributed by atoms with E-state index in [9.17, 15) is 4.79 Å². The minimum absolute atomic E-state index is 0.103. The quantitative estimate of drug-likeness (QED) is 0.719. The number of amides is 1. The van der Waals surface area contributed by atoms with Crippen LogP contribution in [0.25, 0.3) is 0 Å². The fourth-order valence-corrected chi connectivity index (χ4v) is 3.16. The third kappa shape index (κ3) is 4.09. The molecule has 0 radical (unpaired) electrons. The lowest BCUT2D eigenvalue weighted by Crippen LogP contribution is -2.40. The van der Waals surface area contributed by atoms with Gasteiger partial charge < -0.3 is 9.80 Å². The Labute approximate surface area is 139 Å². The van der Waals surface area contributed by atoms with Crippen LogP contribution in [0, 0.1) is 9.49 Å². The van der Waals surface area contributed by atoms with Crippen molar-refractivity contribution in [1.29, 1.82) is 0 Å². The SMILES string of the molecule is CN(C)CC1CCN(C(=O)c2ccc(I)c(Cl)c2)CC1. The summed E-state index contributed by atoms with van der Waals surface area (Å²) in [5.41, 5.74) is 0.696. The Balaban J connectivity index is 1.96. The molecule has 1 saturated heterocycles. The van der Waals surface area contributed by atoms with Crippen LogP contribution >= 0.6 is 34.2 Å². The largest absolute Gasteiger partial charge is 0.339 e. The molecule has 3 nitrogen and oxygen atoms in total. The van der Waals surface area contributed by atoms with Crippen LogP contribution in [0.2, 0.25) is 5.02 Å². The van der Waals surface area contributed by atoms with Crippen molar-refractivity contribution in [2.75, 3.05) is 33.7 Å². The second kappa shape index (κ2) is 7.09. The number of hydrogen-bond acceptors (Lipinski definition) is 2. The highest BCUT2D eigenvalue weighted by molar-refractivity contribution is 14.1. The molecule has 110 valence electrons. The molecule has 0 N–H and O–H groups in total. The number of rotatable bonds is 3. The molecule has 0 atom stereocenters. The van der Waals surface area contributed by atoms with E-state index in [-0.39, 0.29) is 5.91 Å². The molecule has 0 bridgehead atoms. The molecule has 1 aliphatic heterocycles. The van der Waals surface area contributed by atoms with E-state index in [1.807, 2.05) is 17.0 Å². The van der Waals surface area contributed by atoms with Crippen molar-refractivity contribution in [1.82, 2.24) is 9.80 Å². The zero-order valence-electron chi connectivity index (χ0n) is 11.9. The van der Waals surface area contributed by atoms with Crippen LogP contribution in [0.3, 0.4) is 0 Å². The number of nitrogens with zero attached hydrogens (tertiary/aromatic N) is 2. The molecular formula is C15H20ClIN2O. The Morgan fingerprint density at radius 2 is 2.05 bits per heavy atom. The smallest absolute Gasteiger partial charge is 0.253 e. The van der Waals surface area contributed by atoms with E-state index in [0.29, 0.717) is 16.5 Å². The second-order valence-electron chi connectivity index (χ2n) is 5.63. The maximum absolute atomic E-state index is 12.4. The number of likely N-dealkylation sites (tertiary alicyclic amines) is 1. The molecule has 1 aromatic carbocycles. The van der Waals surface area contributed by atoms with Crippen LogP contribution in [-0.4, -0.2) is 49.4 Å². The number of hydrogen-bond donors (Lipinski definition) is 0. The van der Waals surface area contributed by atoms with Crippen LogP contribution in [0.15, 0.2) is 18.2 Å². The van der Waals surface area contributed by atoms with E-state index in [0.717, 1.165) is 36.0 Å². The lowest BCUT2D eigenvalue weighted by atomic mass is 9.96. The molecule has 0 aliphatic carbocycles. The molecule has 1 aromatic rings. The zero-order chi connectivity index (χ0) is 14.7. The van der Waals surface area contributed by atoms with Crippen molar-refractivity contribution >= 4 is 40.1 Å². The van der Waals surface area contributed by atoms with Crippen molar-refractivity contribution < 1.29 is 4.79 Å². The Bertz CT molecular complexity index is 485. The molecule has 0 aromatic heterocycles. The minimum Gasteiger partial charge on any atom is -0.339 e. The van der Waals surface area contributed by atoms with Gasteiger partial charge in [-0.2, -0.15) is 0 Å². The highest BCUT2D eigenvalue weighted by Crippen LogP contribution is 2.23. The van der Waals surface area contributed by atoms with Gasteiger partial charge in [0.2, 0.25) is 0 Å². The van der Waals surface area contributed by atoms with Crippen molar-refractivity contribution in [3.05, 3.63) is 32.4 Å². The third-order valence-electron chi connectivity index (χ3n) is 3.69. The highest BCUT2D eigenvalue weighted by atomic mass is 127. The van der Waals surface area contributed by atoms with Gasteiger partial charge in [0.05, 0.1) is 5.02 Å². The van der Waals surface area contributed by atoms with E-state index in [1.165, 1.54) is 0 Å². The van der Waals surface area contributed by atoms with Crippen molar-refractivity contribution in [2.45, 2.75) is 12.8 Å². The first-order valence-corrected chi connectivity index (χ1v) is 8.32. The lowest BCUT2D eigenvalue weighted by Gasteiger charge is -2.33. The van der Waals surface area contributed by atoms with Gasteiger partial charge in [0.15, 0.2) is 0 Å². The number of carbonyl (C=O) groups excluding carboxylic acids is 1. The predicted octanol–water partition coefficient (Wildman–Crippen LogP) is 3.36. The fourth-order valence-electron chi connectivity index (χ4n) is 2.65. The molecule has 1 amide bonds. The molecule has 1 heterocycles. The van der Waals surface area contributed by atoms with Gasteiger partial charge in [-0.15, -0.1) is 0 Å². The van der Waals surface area contributed by atoms with E-state index < -0.39 is 0 Å². The van der Waals surface area contributed by atoms with Gasteiger partial charge >= 0.3 is 0 Å². The van der Waals surface area contributed by atoms with E-state index in [4.69, 9.17) is 11.6 Å². The van der Waals surface area contributed by atoms with Gasteiger partial charge in [0.25, 0.3) is 5.91 Å². The molecule has 0 spiro atoms. The average molecular weight is 407 g/mol. The summed E-state index contributed by atoms with van der Waals surface area (Å²) in [5, 5.41) is 0.652. The number of piperidine rings is 1. The summed E-state index contributed by atoms with van der Waals surface area (Å²) >= 11 is 8.26. The monoisotopic (exact) mass is 406 g/mol. The molecule has 1 fully saturated rings. The summed E-state index contributed by atoms with van der Waals surface area (Å²) in [7, 11) is 4.20. The number of benzene rings is 1. The summed E-state index contributed by atoms with van der Waals surface area (Å²) in [5.74, 6) is 0.806. The summed E-state index contributed by atoms with van der Waals surface area (Å²) in [4.78, 5) is 16.6. The molecule has 0 saturated carbocycles. The van der Waals surface area contributed by atoms with Crippen molar-refractivity contribution in [2.24, 2.45) is 5.92 Å². The van der Waals surface area contributed by atoms with E-state index in [2.05, 4.69) is 41.6 Å². The molecule has 5 heteroatoms. The normalized spacial score (nSPS) is 16.8. The van der Waals surface area contributed by atoms with Gasteiger partial charge in [0, 0.05) is 28.8 Å². The highest BCUT2D eigenvalue weighted by Gasteiger charge is 2.24. The van der Waals surface area contributed by atoms with Crippen molar-refractivity contribution in [3.8, 4) is 0 Å². The standard InChI is InChI=1S/C15H20ClIN2O/c1-18(2)10-11-5-7-19(8-6-11)15(20)12-3-4-14(17)13(16)9-12/h3-4,9,11H,5-8,10H2,1-2H3. The predicted molar refractivity (Wildman–Crippen MR) is 91.4 cm³/mol. The van der Waals surface area contributed by atoms with E-state index in [1.54, 1.807) is 6.07 Å². The topological polar surface area (TPSA) is 23.6 Å². The second-order valence-corrected chi connectivity index (χ2v) is 7.20. The van der Waals surface area contributed by atoms with Crippen LogP contribution in [-0.2, 0) is 0 Å². The number of halogens is 2. The van der Waals surface area contributed by atoms with Crippen LogP contribution in [0.5, 0.6) is 0 Å². The fraction of sp³-hybridized carbons (Fsp3) is 0.533. The van der Waals surface area contributed by atoms with Gasteiger partial charge in [-0.05, 0) is 73.6 Å². The maximum Gasteiger partial charge on any atom is 0.253 e. The summed E-state index contributed by atoms with van der Waals surface area (Å²) < 4.78 is 0.977.